The van der Waals surface area contributed by atoms with Gasteiger partial charge in [-0.2, -0.15) is 0 Å². The standard InChI is InChI=1S/C8H9S2/c9-10-7-6-8-4-2-1-3-5-8/h1-5,7,9H,6H2. The Hall–Kier alpha value is -0.0800. The van der Waals surface area contributed by atoms with Gasteiger partial charge in [0.1, 0.15) is 0 Å². The second-order valence-corrected chi connectivity index (χ2v) is 3.14. The highest BCUT2D eigenvalue weighted by Gasteiger charge is 1.88. The molecule has 1 aromatic carbocycles. The van der Waals surface area contributed by atoms with Gasteiger partial charge in [-0.05, 0) is 12.0 Å². The van der Waals surface area contributed by atoms with Crippen molar-refractivity contribution in [2.75, 3.05) is 0 Å². The van der Waals surface area contributed by atoms with E-state index in [4.69, 9.17) is 0 Å². The van der Waals surface area contributed by atoms with Crippen LogP contribution in [-0.4, -0.2) is 0 Å². The van der Waals surface area contributed by atoms with Crippen molar-refractivity contribution in [2.45, 2.75) is 6.42 Å². The molecular formula is C8H9S2. The number of benzene rings is 1. The van der Waals surface area contributed by atoms with E-state index in [-0.39, 0.29) is 0 Å². The van der Waals surface area contributed by atoms with Crippen molar-refractivity contribution >= 4 is 22.5 Å². The molecule has 0 nitrogen and oxygen atoms in total. The maximum absolute atomic E-state index is 4.01. The van der Waals surface area contributed by atoms with Crippen molar-refractivity contribution in [3.8, 4) is 0 Å². The van der Waals surface area contributed by atoms with Gasteiger partial charge in [-0.15, -0.1) is 11.7 Å². The fourth-order valence-corrected chi connectivity index (χ4v) is 1.24. The molecule has 0 aromatic heterocycles. The van der Waals surface area contributed by atoms with Crippen LogP contribution in [0.25, 0.3) is 0 Å². The van der Waals surface area contributed by atoms with Crippen LogP contribution in [0.5, 0.6) is 0 Å². The fourth-order valence-electron chi connectivity index (χ4n) is 0.748. The molecule has 0 fully saturated rings. The molecule has 0 bridgehead atoms. The molecule has 0 N–H and O–H groups in total. The molecule has 0 amide bonds. The van der Waals surface area contributed by atoms with Crippen LogP contribution in [0, 0.1) is 5.75 Å². The number of hydrogen-bond acceptors (Lipinski definition) is 2. The molecule has 0 aliphatic rings. The molecule has 0 heterocycles. The van der Waals surface area contributed by atoms with Gasteiger partial charge in [0.15, 0.2) is 0 Å². The summed E-state index contributed by atoms with van der Waals surface area (Å²) in [6.07, 6.45) is 0.995. The summed E-state index contributed by atoms with van der Waals surface area (Å²) >= 11 is 4.01. The SMILES string of the molecule is SS[CH]Cc1ccccc1. The average molecular weight is 169 g/mol. The molecule has 1 rings (SSSR count). The molecule has 0 spiro atoms. The molecule has 53 valence electrons. The summed E-state index contributed by atoms with van der Waals surface area (Å²) in [5.41, 5.74) is 1.34. The molecule has 10 heavy (non-hydrogen) atoms. The van der Waals surface area contributed by atoms with Crippen molar-refractivity contribution in [3.05, 3.63) is 41.6 Å². The van der Waals surface area contributed by atoms with E-state index in [2.05, 4.69) is 29.5 Å². The summed E-state index contributed by atoms with van der Waals surface area (Å²) in [4.78, 5) is 0. The lowest BCUT2D eigenvalue weighted by Gasteiger charge is -1.95. The Morgan fingerprint density at radius 2 is 2.00 bits per heavy atom. The van der Waals surface area contributed by atoms with Gasteiger partial charge in [-0.25, -0.2) is 0 Å². The van der Waals surface area contributed by atoms with Crippen LogP contribution in [0.15, 0.2) is 30.3 Å². The van der Waals surface area contributed by atoms with Gasteiger partial charge in [0, 0.05) is 5.75 Å². The van der Waals surface area contributed by atoms with Gasteiger partial charge in [-0.3, -0.25) is 0 Å². The first-order valence-electron chi connectivity index (χ1n) is 3.09. The third-order valence-corrected chi connectivity index (χ3v) is 2.00. The van der Waals surface area contributed by atoms with Gasteiger partial charge in [0.2, 0.25) is 0 Å². The first kappa shape index (κ1) is 8.02. The first-order valence-corrected chi connectivity index (χ1v) is 5.02. The van der Waals surface area contributed by atoms with Crippen LogP contribution in [0.1, 0.15) is 5.56 Å². The highest BCUT2D eigenvalue weighted by Crippen LogP contribution is 2.13. The maximum Gasteiger partial charge on any atom is 0.0319 e. The van der Waals surface area contributed by atoms with Crippen LogP contribution < -0.4 is 0 Å². The molecule has 0 saturated heterocycles. The molecule has 0 unspecified atom stereocenters. The van der Waals surface area contributed by atoms with Crippen LogP contribution >= 0.6 is 22.5 Å². The van der Waals surface area contributed by atoms with Crippen molar-refractivity contribution in [1.82, 2.24) is 0 Å². The zero-order chi connectivity index (χ0) is 7.23. The van der Waals surface area contributed by atoms with Crippen LogP contribution in [0.3, 0.4) is 0 Å². The van der Waals surface area contributed by atoms with E-state index in [1.54, 1.807) is 0 Å². The molecule has 2 heteroatoms. The highest BCUT2D eigenvalue weighted by atomic mass is 33.1. The first-order chi connectivity index (χ1) is 4.93. The lowest BCUT2D eigenvalue weighted by atomic mass is 10.2. The second-order valence-electron chi connectivity index (χ2n) is 1.96. The van der Waals surface area contributed by atoms with Crippen LogP contribution in [-0.2, 0) is 6.42 Å². The molecule has 0 atom stereocenters. The topological polar surface area (TPSA) is 0 Å². The van der Waals surface area contributed by atoms with E-state index in [0.717, 1.165) is 6.42 Å². The third-order valence-electron chi connectivity index (χ3n) is 1.24. The van der Waals surface area contributed by atoms with E-state index in [1.807, 2.05) is 18.2 Å². The lowest BCUT2D eigenvalue weighted by Crippen LogP contribution is -1.79. The van der Waals surface area contributed by atoms with Gasteiger partial charge in [-0.1, -0.05) is 41.1 Å². The van der Waals surface area contributed by atoms with Crippen molar-refractivity contribution in [3.63, 3.8) is 0 Å². The smallest absolute Gasteiger partial charge is 0.0319 e. The predicted molar refractivity (Wildman–Crippen MR) is 51.0 cm³/mol. The fraction of sp³-hybridized carbons (Fsp3) is 0.125. The van der Waals surface area contributed by atoms with Crippen molar-refractivity contribution in [1.29, 1.82) is 0 Å². The minimum atomic E-state index is 0.995. The monoisotopic (exact) mass is 169 g/mol. The Morgan fingerprint density at radius 1 is 1.30 bits per heavy atom. The lowest BCUT2D eigenvalue weighted by molar-refractivity contribution is 1.25. The molecule has 0 aliphatic carbocycles. The van der Waals surface area contributed by atoms with Crippen LogP contribution in [0.4, 0.5) is 0 Å². The summed E-state index contributed by atoms with van der Waals surface area (Å²) in [5, 5.41) is 0. The summed E-state index contributed by atoms with van der Waals surface area (Å²) in [5.74, 6) is 2.07. The Kier molecular flexibility index (Phi) is 3.76. The largest absolute Gasteiger partial charge is 0.111 e. The Bertz CT molecular complexity index is 172. The Labute approximate surface area is 70.8 Å². The minimum absolute atomic E-state index is 0.995. The number of thiol groups is 1. The molecule has 1 aromatic rings. The van der Waals surface area contributed by atoms with E-state index in [0.29, 0.717) is 0 Å². The zero-order valence-corrected chi connectivity index (χ0v) is 7.24. The van der Waals surface area contributed by atoms with Gasteiger partial charge in [0.25, 0.3) is 0 Å². The quantitative estimate of drug-likeness (QED) is 0.536. The molecule has 1 radical (unpaired) electrons. The average Bonchev–Trinajstić information content (AvgIpc) is 2.03. The normalized spacial score (nSPS) is 9.70. The second kappa shape index (κ2) is 4.69. The van der Waals surface area contributed by atoms with E-state index >= 15 is 0 Å². The summed E-state index contributed by atoms with van der Waals surface area (Å²) in [6.45, 7) is 0. The molecule has 0 aliphatic heterocycles. The molecular weight excluding hydrogens is 160 g/mol. The van der Waals surface area contributed by atoms with Gasteiger partial charge >= 0.3 is 0 Å². The van der Waals surface area contributed by atoms with E-state index < -0.39 is 0 Å². The third kappa shape index (κ3) is 2.67. The zero-order valence-electron chi connectivity index (χ0n) is 5.53. The summed E-state index contributed by atoms with van der Waals surface area (Å²) in [7, 11) is 1.47. The maximum atomic E-state index is 4.01. The van der Waals surface area contributed by atoms with Gasteiger partial charge in [0.05, 0.1) is 0 Å². The van der Waals surface area contributed by atoms with Gasteiger partial charge < -0.3 is 0 Å². The summed E-state index contributed by atoms with van der Waals surface area (Å²) in [6, 6.07) is 10.3. The summed E-state index contributed by atoms with van der Waals surface area (Å²) < 4.78 is 0. The minimum Gasteiger partial charge on any atom is -0.111 e. The van der Waals surface area contributed by atoms with Crippen LogP contribution in [0.2, 0.25) is 0 Å². The highest BCUT2D eigenvalue weighted by molar-refractivity contribution is 8.69. The number of hydrogen-bond donors (Lipinski definition) is 1. The Balaban J connectivity index is 2.43. The van der Waals surface area contributed by atoms with E-state index in [9.17, 15) is 0 Å². The predicted octanol–water partition coefficient (Wildman–Crippen LogP) is 2.97. The Morgan fingerprint density at radius 3 is 2.60 bits per heavy atom. The van der Waals surface area contributed by atoms with Crippen molar-refractivity contribution < 1.29 is 0 Å². The van der Waals surface area contributed by atoms with Crippen molar-refractivity contribution in [2.24, 2.45) is 0 Å². The number of rotatable bonds is 3. The van der Waals surface area contributed by atoms with E-state index in [1.165, 1.54) is 16.4 Å². The molecule has 0 saturated carbocycles.